The molecule has 0 saturated heterocycles. The molecule has 2 aromatic rings. The van der Waals surface area contributed by atoms with Gasteiger partial charge in [0, 0.05) is 23.4 Å². The van der Waals surface area contributed by atoms with Gasteiger partial charge in [-0.3, -0.25) is 4.79 Å². The average Bonchev–Trinajstić information content (AvgIpc) is 2.79. The molecule has 0 heterocycles. The first kappa shape index (κ1) is 26.8. The highest BCUT2D eigenvalue weighted by molar-refractivity contribution is 14.1. The van der Waals surface area contributed by atoms with Gasteiger partial charge in [0.05, 0.1) is 24.9 Å². The van der Waals surface area contributed by atoms with E-state index in [1.54, 1.807) is 47.7 Å². The van der Waals surface area contributed by atoms with Gasteiger partial charge in [-0.25, -0.2) is 13.6 Å². The van der Waals surface area contributed by atoms with Crippen LogP contribution in [0, 0.1) is 15.2 Å². The highest BCUT2D eigenvalue weighted by Gasteiger charge is 2.26. The van der Waals surface area contributed by atoms with Crippen LogP contribution in [0.15, 0.2) is 48.2 Å². The SMILES string of the molecule is CCOC(=O)C(=CNCC(O)c1cccc(COCOC)c1)C(=O)c1cc(I)cc(F)c1F. The Morgan fingerprint density at radius 2 is 2.00 bits per heavy atom. The third kappa shape index (κ3) is 7.84. The van der Waals surface area contributed by atoms with Crippen LogP contribution in [0.25, 0.3) is 0 Å². The van der Waals surface area contributed by atoms with Gasteiger partial charge in [0.1, 0.15) is 12.4 Å². The molecule has 0 bridgehead atoms. The van der Waals surface area contributed by atoms with Gasteiger partial charge in [0.2, 0.25) is 5.78 Å². The fourth-order valence-electron chi connectivity index (χ4n) is 2.82. The van der Waals surface area contributed by atoms with E-state index in [0.717, 1.165) is 23.9 Å². The molecule has 0 fully saturated rings. The molecule has 10 heteroatoms. The van der Waals surface area contributed by atoms with Crippen molar-refractivity contribution < 1.29 is 37.7 Å². The van der Waals surface area contributed by atoms with E-state index >= 15 is 0 Å². The van der Waals surface area contributed by atoms with Crippen LogP contribution < -0.4 is 5.32 Å². The van der Waals surface area contributed by atoms with Crippen molar-refractivity contribution >= 4 is 34.3 Å². The monoisotopic (exact) mass is 575 g/mol. The molecule has 0 aliphatic rings. The van der Waals surface area contributed by atoms with Crippen LogP contribution in [-0.4, -0.2) is 43.9 Å². The fourth-order valence-corrected chi connectivity index (χ4v) is 3.40. The van der Waals surface area contributed by atoms with Crippen LogP contribution in [0.2, 0.25) is 0 Å². The lowest BCUT2D eigenvalue weighted by Gasteiger charge is -2.14. The maximum atomic E-state index is 14.2. The summed E-state index contributed by atoms with van der Waals surface area (Å²) in [4.78, 5) is 25.1. The largest absolute Gasteiger partial charge is 0.462 e. The molecule has 2 aromatic carbocycles. The lowest BCUT2D eigenvalue weighted by molar-refractivity contribution is -0.138. The van der Waals surface area contributed by atoms with Gasteiger partial charge in [-0.1, -0.05) is 24.3 Å². The maximum Gasteiger partial charge on any atom is 0.343 e. The van der Waals surface area contributed by atoms with Crippen molar-refractivity contribution in [2.24, 2.45) is 0 Å². The number of aliphatic hydroxyl groups excluding tert-OH is 1. The number of hydrogen-bond acceptors (Lipinski definition) is 7. The molecule has 2 rings (SSSR count). The molecule has 0 amide bonds. The Kier molecular flexibility index (Phi) is 10.8. The molecule has 1 atom stereocenters. The van der Waals surface area contributed by atoms with Crippen LogP contribution in [-0.2, 0) is 25.6 Å². The molecule has 1 unspecified atom stereocenters. The third-order valence-electron chi connectivity index (χ3n) is 4.34. The first-order valence-corrected chi connectivity index (χ1v) is 11.0. The summed E-state index contributed by atoms with van der Waals surface area (Å²) in [5.41, 5.74) is 0.276. The Hall–Kier alpha value is -2.41. The summed E-state index contributed by atoms with van der Waals surface area (Å²) in [6.07, 6.45) is 0.0424. The van der Waals surface area contributed by atoms with E-state index in [1.807, 2.05) is 6.07 Å². The van der Waals surface area contributed by atoms with Crippen molar-refractivity contribution in [1.29, 1.82) is 0 Å². The summed E-state index contributed by atoms with van der Waals surface area (Å²) in [7, 11) is 1.51. The number of benzene rings is 2. The average molecular weight is 575 g/mol. The summed E-state index contributed by atoms with van der Waals surface area (Å²) in [6.45, 7) is 1.89. The minimum atomic E-state index is -1.36. The van der Waals surface area contributed by atoms with Crippen molar-refractivity contribution in [2.45, 2.75) is 19.6 Å². The normalized spacial score (nSPS) is 12.4. The molecule has 7 nitrogen and oxygen atoms in total. The summed E-state index contributed by atoms with van der Waals surface area (Å²) in [5, 5.41) is 13.2. The molecule has 0 radical (unpaired) electrons. The maximum absolute atomic E-state index is 14.2. The first-order chi connectivity index (χ1) is 15.8. The van der Waals surface area contributed by atoms with Gasteiger partial charge < -0.3 is 24.6 Å². The molecule has 2 N–H and O–H groups in total. The summed E-state index contributed by atoms with van der Waals surface area (Å²) in [6, 6.07) is 9.10. The Labute approximate surface area is 203 Å². The van der Waals surface area contributed by atoms with Crippen molar-refractivity contribution in [1.82, 2.24) is 5.32 Å². The molecule has 0 aliphatic heterocycles. The number of carbonyl (C=O) groups is 2. The fraction of sp³-hybridized carbons (Fsp3) is 0.304. The summed E-state index contributed by atoms with van der Waals surface area (Å²) in [5.74, 6) is -4.60. The summed E-state index contributed by atoms with van der Waals surface area (Å²) >= 11 is 1.74. The number of carbonyl (C=O) groups excluding carboxylic acids is 2. The van der Waals surface area contributed by atoms with Crippen LogP contribution in [0.1, 0.15) is 34.5 Å². The Balaban J connectivity index is 2.17. The molecule has 0 aromatic heterocycles. The number of methoxy groups -OCH3 is 1. The molecule has 0 spiro atoms. The number of ketones is 1. The number of hydrogen-bond donors (Lipinski definition) is 2. The quantitative estimate of drug-likeness (QED) is 0.0460. The molecule has 0 aliphatic carbocycles. The number of nitrogens with one attached hydrogen (secondary N) is 1. The van der Waals surface area contributed by atoms with E-state index in [0.29, 0.717) is 12.2 Å². The Bertz CT molecular complexity index is 1010. The molecular weight excluding hydrogens is 551 g/mol. The number of esters is 1. The van der Waals surface area contributed by atoms with Gasteiger partial charge in [0.15, 0.2) is 11.6 Å². The second-order valence-electron chi connectivity index (χ2n) is 6.78. The van der Waals surface area contributed by atoms with E-state index < -0.39 is 40.6 Å². The Morgan fingerprint density at radius 1 is 1.24 bits per heavy atom. The first-order valence-electron chi connectivity index (χ1n) is 9.92. The zero-order chi connectivity index (χ0) is 24.4. The van der Waals surface area contributed by atoms with E-state index in [4.69, 9.17) is 14.2 Å². The van der Waals surface area contributed by atoms with Crippen LogP contribution in [0.3, 0.4) is 0 Å². The van der Waals surface area contributed by atoms with Gasteiger partial charge in [-0.05, 0) is 52.8 Å². The van der Waals surface area contributed by atoms with Gasteiger partial charge in [0.25, 0.3) is 0 Å². The predicted octanol–water partition coefficient (Wildman–Crippen LogP) is 3.64. The number of halogens is 3. The van der Waals surface area contributed by atoms with E-state index in [1.165, 1.54) is 7.11 Å². The molecular formula is C23H24F2INO6. The van der Waals surface area contributed by atoms with Crippen molar-refractivity contribution in [2.75, 3.05) is 27.1 Å². The summed E-state index contributed by atoms with van der Waals surface area (Å²) < 4.78 is 43.2. The number of rotatable bonds is 12. The van der Waals surface area contributed by atoms with E-state index in [2.05, 4.69) is 5.32 Å². The van der Waals surface area contributed by atoms with Gasteiger partial charge in [-0.15, -0.1) is 0 Å². The van der Waals surface area contributed by atoms with Gasteiger partial charge in [-0.2, -0.15) is 0 Å². The molecule has 178 valence electrons. The second-order valence-corrected chi connectivity index (χ2v) is 8.03. The molecule has 33 heavy (non-hydrogen) atoms. The Morgan fingerprint density at radius 3 is 2.70 bits per heavy atom. The standard InChI is InChI=1S/C23H24F2INO6/c1-3-33-23(30)18(22(29)17-8-16(26)9-19(24)21(17)25)10-27-11-20(28)15-6-4-5-14(7-15)12-32-13-31-2/h4-10,20,27-28H,3,11-13H2,1-2H3. The molecule has 0 saturated carbocycles. The lowest BCUT2D eigenvalue weighted by Crippen LogP contribution is -2.23. The van der Waals surface area contributed by atoms with Crippen molar-refractivity contribution in [3.05, 3.63) is 80.1 Å². The van der Waals surface area contributed by atoms with Crippen molar-refractivity contribution in [3.63, 3.8) is 0 Å². The highest BCUT2D eigenvalue weighted by atomic mass is 127. The lowest BCUT2D eigenvalue weighted by atomic mass is 10.0. The topological polar surface area (TPSA) is 94.1 Å². The van der Waals surface area contributed by atoms with Gasteiger partial charge >= 0.3 is 5.97 Å². The second kappa shape index (κ2) is 13.3. The smallest absolute Gasteiger partial charge is 0.343 e. The van der Waals surface area contributed by atoms with E-state index in [9.17, 15) is 23.5 Å². The predicted molar refractivity (Wildman–Crippen MR) is 124 cm³/mol. The van der Waals surface area contributed by atoms with Crippen molar-refractivity contribution in [3.8, 4) is 0 Å². The van der Waals surface area contributed by atoms with Crippen LogP contribution >= 0.6 is 22.6 Å². The number of ether oxygens (including phenoxy) is 3. The highest BCUT2D eigenvalue weighted by Crippen LogP contribution is 2.20. The van der Waals surface area contributed by atoms with E-state index in [-0.39, 0.29) is 23.5 Å². The minimum Gasteiger partial charge on any atom is -0.462 e. The zero-order valence-corrected chi connectivity index (χ0v) is 20.2. The van der Waals surface area contributed by atoms with Crippen LogP contribution in [0.4, 0.5) is 8.78 Å². The zero-order valence-electron chi connectivity index (χ0n) is 18.1. The third-order valence-corrected chi connectivity index (χ3v) is 4.96. The minimum absolute atomic E-state index is 0.0207. The van der Waals surface area contributed by atoms with Crippen LogP contribution in [0.5, 0.6) is 0 Å². The number of aliphatic hydroxyl groups is 1. The number of Topliss-reactive ketones (excluding diaryl/α,β-unsaturated/α-hetero) is 1.